The van der Waals surface area contributed by atoms with Crippen LogP contribution in [0.25, 0.3) is 0 Å². The standard InChI is InChI=1S/C23H28FN3O3/c1-23(2,16-9-11-17(24)12-10-16)15-25-20(28)14-27-13-5-8-19(22(27)30)21(29)26-18-6-3-4-7-18/h5,8-13,18H,3-4,6-7,14-15H2,1-2H3,(H,25,28)(H,26,29). The Morgan fingerprint density at radius 1 is 1.13 bits per heavy atom. The Kier molecular flexibility index (Phi) is 6.70. The number of amides is 2. The second kappa shape index (κ2) is 9.24. The molecular formula is C23H28FN3O3. The molecule has 30 heavy (non-hydrogen) atoms. The van der Waals surface area contributed by atoms with Crippen molar-refractivity contribution < 1.29 is 14.0 Å². The van der Waals surface area contributed by atoms with Crippen molar-refractivity contribution in [2.75, 3.05) is 6.54 Å². The van der Waals surface area contributed by atoms with Crippen molar-refractivity contribution in [2.24, 2.45) is 0 Å². The lowest BCUT2D eigenvalue weighted by Gasteiger charge is -2.25. The maximum Gasteiger partial charge on any atom is 0.263 e. The highest BCUT2D eigenvalue weighted by molar-refractivity contribution is 5.94. The molecule has 6 nitrogen and oxygen atoms in total. The zero-order valence-corrected chi connectivity index (χ0v) is 17.4. The van der Waals surface area contributed by atoms with E-state index in [0.29, 0.717) is 6.54 Å². The monoisotopic (exact) mass is 413 g/mol. The molecule has 0 atom stereocenters. The second-order valence-corrected chi connectivity index (χ2v) is 8.48. The molecule has 3 rings (SSSR count). The molecule has 2 aromatic rings. The molecule has 1 aromatic carbocycles. The van der Waals surface area contributed by atoms with Crippen LogP contribution >= 0.6 is 0 Å². The SMILES string of the molecule is CC(C)(CNC(=O)Cn1cccc(C(=O)NC2CCCC2)c1=O)c1ccc(F)cc1. The van der Waals surface area contributed by atoms with Crippen LogP contribution in [0.5, 0.6) is 0 Å². The van der Waals surface area contributed by atoms with Gasteiger partial charge in [0.2, 0.25) is 5.91 Å². The fraction of sp³-hybridized carbons (Fsp3) is 0.435. The van der Waals surface area contributed by atoms with Gasteiger partial charge in [-0.05, 0) is 42.7 Å². The molecule has 0 saturated heterocycles. The van der Waals surface area contributed by atoms with E-state index in [1.54, 1.807) is 18.2 Å². The van der Waals surface area contributed by atoms with Crippen molar-refractivity contribution in [1.29, 1.82) is 0 Å². The molecule has 1 saturated carbocycles. The molecule has 1 fully saturated rings. The van der Waals surface area contributed by atoms with Gasteiger partial charge in [0.1, 0.15) is 17.9 Å². The predicted octanol–water partition coefficient (Wildman–Crippen LogP) is 2.75. The van der Waals surface area contributed by atoms with E-state index in [9.17, 15) is 18.8 Å². The molecule has 0 aliphatic heterocycles. The third-order valence-electron chi connectivity index (χ3n) is 5.62. The summed E-state index contributed by atoms with van der Waals surface area (Å²) in [5.74, 6) is -1.03. The van der Waals surface area contributed by atoms with E-state index in [4.69, 9.17) is 0 Å². The summed E-state index contributed by atoms with van der Waals surface area (Å²) in [6.07, 6.45) is 5.52. The summed E-state index contributed by atoms with van der Waals surface area (Å²) < 4.78 is 14.4. The van der Waals surface area contributed by atoms with Crippen LogP contribution in [0, 0.1) is 5.82 Å². The van der Waals surface area contributed by atoms with E-state index < -0.39 is 11.0 Å². The molecule has 0 radical (unpaired) electrons. The number of carbonyl (C=O) groups excluding carboxylic acids is 2. The summed E-state index contributed by atoms with van der Waals surface area (Å²) >= 11 is 0. The number of aromatic nitrogens is 1. The number of rotatable bonds is 7. The van der Waals surface area contributed by atoms with Gasteiger partial charge in [-0.25, -0.2) is 4.39 Å². The normalized spacial score (nSPS) is 14.5. The zero-order chi connectivity index (χ0) is 21.7. The number of nitrogens with zero attached hydrogens (tertiary/aromatic N) is 1. The van der Waals surface area contributed by atoms with E-state index in [2.05, 4.69) is 10.6 Å². The molecule has 0 spiro atoms. The fourth-order valence-electron chi connectivity index (χ4n) is 3.70. The number of nitrogens with one attached hydrogen (secondary N) is 2. The Morgan fingerprint density at radius 3 is 2.47 bits per heavy atom. The highest BCUT2D eigenvalue weighted by Crippen LogP contribution is 2.22. The number of pyridine rings is 1. The Balaban J connectivity index is 1.61. The Bertz CT molecular complexity index is 960. The van der Waals surface area contributed by atoms with Crippen molar-refractivity contribution in [3.8, 4) is 0 Å². The highest BCUT2D eigenvalue weighted by Gasteiger charge is 2.23. The lowest BCUT2D eigenvalue weighted by molar-refractivity contribution is -0.121. The first-order valence-corrected chi connectivity index (χ1v) is 10.3. The zero-order valence-electron chi connectivity index (χ0n) is 17.4. The number of benzene rings is 1. The minimum atomic E-state index is -0.485. The van der Waals surface area contributed by atoms with Crippen molar-refractivity contribution in [3.63, 3.8) is 0 Å². The van der Waals surface area contributed by atoms with Crippen LogP contribution in [0.4, 0.5) is 4.39 Å². The average Bonchev–Trinajstić information content (AvgIpc) is 3.21. The third-order valence-corrected chi connectivity index (χ3v) is 5.62. The highest BCUT2D eigenvalue weighted by atomic mass is 19.1. The van der Waals surface area contributed by atoms with Gasteiger partial charge in [0, 0.05) is 24.2 Å². The van der Waals surface area contributed by atoms with Crippen LogP contribution in [0.1, 0.15) is 55.5 Å². The lowest BCUT2D eigenvalue weighted by Crippen LogP contribution is -2.41. The number of halogens is 1. The van der Waals surface area contributed by atoms with E-state index in [-0.39, 0.29) is 35.8 Å². The molecule has 0 unspecified atom stereocenters. The third kappa shape index (κ3) is 5.34. The van der Waals surface area contributed by atoms with Crippen molar-refractivity contribution in [3.05, 3.63) is 69.9 Å². The van der Waals surface area contributed by atoms with Gasteiger partial charge in [-0.15, -0.1) is 0 Å². The predicted molar refractivity (Wildman–Crippen MR) is 113 cm³/mol. The first-order valence-electron chi connectivity index (χ1n) is 10.3. The van der Waals surface area contributed by atoms with Crippen LogP contribution in [0.3, 0.4) is 0 Å². The van der Waals surface area contributed by atoms with Gasteiger partial charge in [0.15, 0.2) is 0 Å². The second-order valence-electron chi connectivity index (χ2n) is 8.48. The van der Waals surface area contributed by atoms with Crippen molar-refractivity contribution >= 4 is 11.8 Å². The largest absolute Gasteiger partial charge is 0.354 e. The van der Waals surface area contributed by atoms with E-state index in [1.807, 2.05) is 13.8 Å². The Hall–Kier alpha value is -2.96. The Morgan fingerprint density at radius 2 is 1.80 bits per heavy atom. The number of hydrogen-bond donors (Lipinski definition) is 2. The van der Waals surface area contributed by atoms with Gasteiger partial charge < -0.3 is 15.2 Å². The van der Waals surface area contributed by atoms with Gasteiger partial charge in [-0.3, -0.25) is 14.4 Å². The minimum absolute atomic E-state index is 0.0452. The van der Waals surface area contributed by atoms with Crippen LogP contribution in [-0.2, 0) is 16.8 Å². The maximum atomic E-state index is 13.1. The molecule has 1 aromatic heterocycles. The van der Waals surface area contributed by atoms with Gasteiger partial charge in [0.05, 0.1) is 0 Å². The molecule has 7 heteroatoms. The molecule has 1 heterocycles. The summed E-state index contributed by atoms with van der Waals surface area (Å²) in [5, 5.41) is 5.73. The van der Waals surface area contributed by atoms with Gasteiger partial charge in [0.25, 0.3) is 11.5 Å². The molecule has 0 bridgehead atoms. The van der Waals surface area contributed by atoms with E-state index >= 15 is 0 Å². The Labute approximate surface area is 175 Å². The topological polar surface area (TPSA) is 80.2 Å². The first kappa shape index (κ1) is 21.7. The van der Waals surface area contributed by atoms with Crippen molar-refractivity contribution in [1.82, 2.24) is 15.2 Å². The summed E-state index contributed by atoms with van der Waals surface area (Å²) in [5.41, 5.74) is 0.0499. The molecule has 1 aliphatic rings. The lowest BCUT2D eigenvalue weighted by atomic mass is 9.84. The van der Waals surface area contributed by atoms with Crippen molar-refractivity contribution in [2.45, 2.75) is 57.5 Å². The summed E-state index contributed by atoms with van der Waals surface area (Å²) in [4.78, 5) is 37.5. The average molecular weight is 413 g/mol. The van der Waals surface area contributed by atoms with Gasteiger partial charge in [-0.1, -0.05) is 38.8 Å². The summed E-state index contributed by atoms with van der Waals surface area (Å²) in [6.45, 7) is 4.04. The van der Waals surface area contributed by atoms with Gasteiger partial charge >= 0.3 is 0 Å². The van der Waals surface area contributed by atoms with E-state index in [1.165, 1.54) is 29.0 Å². The minimum Gasteiger partial charge on any atom is -0.354 e. The fourth-order valence-corrected chi connectivity index (χ4v) is 3.70. The number of carbonyl (C=O) groups is 2. The smallest absolute Gasteiger partial charge is 0.263 e. The molecule has 160 valence electrons. The maximum absolute atomic E-state index is 13.1. The molecular weight excluding hydrogens is 385 g/mol. The van der Waals surface area contributed by atoms with Crippen LogP contribution in [0.2, 0.25) is 0 Å². The molecule has 2 amide bonds. The number of hydrogen-bond acceptors (Lipinski definition) is 3. The van der Waals surface area contributed by atoms with Crippen LogP contribution < -0.4 is 16.2 Å². The summed E-state index contributed by atoms with van der Waals surface area (Å²) in [6, 6.07) is 9.36. The van der Waals surface area contributed by atoms with Gasteiger partial charge in [-0.2, -0.15) is 0 Å². The first-order chi connectivity index (χ1) is 14.3. The van der Waals surface area contributed by atoms with E-state index in [0.717, 1.165) is 31.2 Å². The summed E-state index contributed by atoms with van der Waals surface area (Å²) in [7, 11) is 0. The quantitative estimate of drug-likeness (QED) is 0.733. The molecule has 2 N–H and O–H groups in total. The van der Waals surface area contributed by atoms with Crippen LogP contribution in [-0.4, -0.2) is 29.0 Å². The molecule has 1 aliphatic carbocycles. The van der Waals surface area contributed by atoms with Crippen LogP contribution in [0.15, 0.2) is 47.4 Å².